The highest BCUT2D eigenvalue weighted by molar-refractivity contribution is 14.1. The van der Waals surface area contributed by atoms with E-state index in [1.54, 1.807) is 6.20 Å². The first-order chi connectivity index (χ1) is 8.37. The molecule has 0 atom stereocenters. The lowest BCUT2D eigenvalue weighted by atomic mass is 10.2. The topological polar surface area (TPSA) is 42.1 Å². The molecular weight excluding hydrogens is 362 g/mol. The molecule has 2 aromatic rings. The van der Waals surface area contributed by atoms with E-state index in [4.69, 9.17) is 0 Å². The number of H-pyrrole nitrogens is 1. The second-order valence-corrected chi connectivity index (χ2v) is 4.74. The van der Waals surface area contributed by atoms with Crippen LogP contribution >= 0.6 is 22.6 Å². The van der Waals surface area contributed by atoms with Crippen molar-refractivity contribution in [3.05, 3.63) is 38.2 Å². The van der Waals surface area contributed by atoms with Gasteiger partial charge in [0.05, 0.1) is 8.96 Å². The average Bonchev–Trinajstić information content (AvgIpc) is 2.31. The normalized spacial score (nSPS) is 11.8. The highest BCUT2D eigenvalue weighted by atomic mass is 127. The maximum atomic E-state index is 12.0. The maximum absolute atomic E-state index is 12.0. The molecule has 0 radical (unpaired) electrons. The van der Waals surface area contributed by atoms with Gasteiger partial charge in [-0.05, 0) is 40.8 Å². The third-order valence-electron chi connectivity index (χ3n) is 2.21. The molecule has 96 valence electrons. The van der Waals surface area contributed by atoms with Crippen molar-refractivity contribution in [2.45, 2.75) is 6.18 Å². The number of pyridine rings is 1. The van der Waals surface area contributed by atoms with Gasteiger partial charge in [-0.3, -0.25) is 4.79 Å². The summed E-state index contributed by atoms with van der Waals surface area (Å²) in [6.45, 7) is -1.37. The van der Waals surface area contributed by atoms with Gasteiger partial charge in [0.1, 0.15) is 5.75 Å². The fraction of sp³-hybridized carbons (Fsp3) is 0.182. The van der Waals surface area contributed by atoms with Gasteiger partial charge in [-0.25, -0.2) is 0 Å². The Balaban J connectivity index is 2.38. The zero-order chi connectivity index (χ0) is 13.3. The van der Waals surface area contributed by atoms with Crippen molar-refractivity contribution in [1.82, 2.24) is 4.98 Å². The van der Waals surface area contributed by atoms with Gasteiger partial charge in [0.15, 0.2) is 6.61 Å². The third kappa shape index (κ3) is 2.95. The summed E-state index contributed by atoms with van der Waals surface area (Å²) in [5.74, 6) is 0.0207. The molecule has 0 aliphatic rings. The summed E-state index contributed by atoms with van der Waals surface area (Å²) in [5.41, 5.74) is 0.321. The summed E-state index contributed by atoms with van der Waals surface area (Å²) in [5, 5.41) is 0.307. The molecular formula is C11H7F3INO2. The van der Waals surface area contributed by atoms with Crippen molar-refractivity contribution < 1.29 is 17.9 Å². The van der Waals surface area contributed by atoms with Crippen molar-refractivity contribution in [3.63, 3.8) is 0 Å². The number of benzene rings is 1. The smallest absolute Gasteiger partial charge is 0.422 e. The Morgan fingerprint density at radius 3 is 2.72 bits per heavy atom. The molecule has 0 saturated heterocycles. The third-order valence-corrected chi connectivity index (χ3v) is 3.01. The van der Waals surface area contributed by atoms with Crippen LogP contribution in [0.5, 0.6) is 5.75 Å². The van der Waals surface area contributed by atoms with Crippen molar-refractivity contribution in [2.24, 2.45) is 0 Å². The summed E-state index contributed by atoms with van der Waals surface area (Å²) < 4.78 is 41.1. The number of fused-ring (bicyclic) bond motifs is 1. The van der Waals surface area contributed by atoms with E-state index in [0.717, 1.165) is 0 Å². The van der Waals surface area contributed by atoms with Gasteiger partial charge in [0, 0.05) is 11.7 Å². The van der Waals surface area contributed by atoms with E-state index in [0.29, 0.717) is 14.5 Å². The van der Waals surface area contributed by atoms with Gasteiger partial charge in [0.25, 0.3) is 0 Å². The standard InChI is InChI=1S/C11H7F3INO2/c12-11(13,14)5-18-6-1-2-9-7(3-6)10(17)8(15)4-16-9/h1-4H,5H2,(H,16,17). The first-order valence-electron chi connectivity index (χ1n) is 4.87. The van der Waals surface area contributed by atoms with Crippen molar-refractivity contribution in [3.8, 4) is 5.75 Å². The number of alkyl halides is 3. The molecule has 1 N–H and O–H groups in total. The fourth-order valence-electron chi connectivity index (χ4n) is 1.43. The largest absolute Gasteiger partial charge is 0.484 e. The van der Waals surface area contributed by atoms with E-state index in [1.807, 2.05) is 22.6 Å². The average molecular weight is 369 g/mol. The van der Waals surface area contributed by atoms with E-state index < -0.39 is 12.8 Å². The SMILES string of the molecule is O=c1c(I)c[nH]c2ccc(OCC(F)(F)F)cc12. The van der Waals surface area contributed by atoms with Crippen molar-refractivity contribution >= 4 is 33.5 Å². The van der Waals surface area contributed by atoms with Crippen molar-refractivity contribution in [1.29, 1.82) is 0 Å². The lowest BCUT2D eigenvalue weighted by Crippen LogP contribution is -2.19. The molecule has 0 bridgehead atoms. The first-order valence-corrected chi connectivity index (χ1v) is 5.95. The second-order valence-electron chi connectivity index (χ2n) is 3.58. The molecule has 7 heteroatoms. The summed E-state index contributed by atoms with van der Waals surface area (Å²) >= 11 is 1.85. The minimum Gasteiger partial charge on any atom is -0.484 e. The van der Waals surface area contributed by atoms with Crippen LogP contribution in [0, 0.1) is 3.57 Å². The monoisotopic (exact) mass is 369 g/mol. The molecule has 18 heavy (non-hydrogen) atoms. The molecule has 1 heterocycles. The van der Waals surface area contributed by atoms with Crippen LogP contribution in [0.2, 0.25) is 0 Å². The molecule has 1 aromatic carbocycles. The second kappa shape index (κ2) is 4.79. The van der Waals surface area contributed by atoms with Gasteiger partial charge in [-0.15, -0.1) is 0 Å². The molecule has 2 rings (SSSR count). The summed E-state index contributed by atoms with van der Waals surface area (Å²) in [6.07, 6.45) is -2.85. The Labute approximate surface area is 113 Å². The number of aromatic nitrogens is 1. The van der Waals surface area contributed by atoms with Gasteiger partial charge >= 0.3 is 6.18 Å². The van der Waals surface area contributed by atoms with Crippen LogP contribution in [-0.4, -0.2) is 17.8 Å². The van der Waals surface area contributed by atoms with Crippen LogP contribution in [0.25, 0.3) is 10.9 Å². The quantitative estimate of drug-likeness (QED) is 0.827. The number of hydrogen-bond donors (Lipinski definition) is 1. The highest BCUT2D eigenvalue weighted by Crippen LogP contribution is 2.21. The number of halogens is 4. The molecule has 0 aliphatic carbocycles. The number of ether oxygens (including phenoxy) is 1. The number of nitrogens with one attached hydrogen (secondary N) is 1. The molecule has 0 fully saturated rings. The zero-order valence-corrected chi connectivity index (χ0v) is 11.0. The predicted octanol–water partition coefficient (Wildman–Crippen LogP) is 3.07. The highest BCUT2D eigenvalue weighted by Gasteiger charge is 2.28. The minimum atomic E-state index is -4.40. The Hall–Kier alpha value is -1.25. The van der Waals surface area contributed by atoms with Crippen LogP contribution < -0.4 is 10.2 Å². The zero-order valence-electron chi connectivity index (χ0n) is 8.84. The predicted molar refractivity (Wildman–Crippen MR) is 68.8 cm³/mol. The van der Waals surface area contributed by atoms with E-state index in [9.17, 15) is 18.0 Å². The Kier molecular flexibility index (Phi) is 3.51. The van der Waals surface area contributed by atoms with Crippen LogP contribution in [0.1, 0.15) is 0 Å². The van der Waals surface area contributed by atoms with Crippen LogP contribution in [0.3, 0.4) is 0 Å². The first kappa shape index (κ1) is 13.2. The van der Waals surface area contributed by atoms with Crippen LogP contribution in [0.4, 0.5) is 13.2 Å². The minimum absolute atomic E-state index is 0.0207. The molecule has 0 saturated carbocycles. The van der Waals surface area contributed by atoms with Gasteiger partial charge < -0.3 is 9.72 Å². The summed E-state index contributed by atoms with van der Waals surface area (Å²) in [6, 6.07) is 4.21. The van der Waals surface area contributed by atoms with Crippen LogP contribution in [0.15, 0.2) is 29.2 Å². The lowest BCUT2D eigenvalue weighted by Gasteiger charge is -2.09. The fourth-order valence-corrected chi connectivity index (χ4v) is 1.87. The van der Waals surface area contributed by atoms with E-state index in [-0.39, 0.29) is 11.2 Å². The molecule has 3 nitrogen and oxygen atoms in total. The number of aromatic amines is 1. The lowest BCUT2D eigenvalue weighted by molar-refractivity contribution is -0.153. The molecule has 1 aromatic heterocycles. The van der Waals surface area contributed by atoms with Gasteiger partial charge in [-0.1, -0.05) is 0 Å². The van der Waals surface area contributed by atoms with Crippen LogP contribution in [-0.2, 0) is 0 Å². The van der Waals surface area contributed by atoms with E-state index >= 15 is 0 Å². The summed E-state index contributed by atoms with van der Waals surface area (Å²) in [7, 11) is 0. The Bertz CT molecular complexity index is 636. The Morgan fingerprint density at radius 1 is 1.33 bits per heavy atom. The molecule has 0 spiro atoms. The van der Waals surface area contributed by atoms with Gasteiger partial charge in [0.2, 0.25) is 5.43 Å². The molecule has 0 aliphatic heterocycles. The molecule has 0 amide bonds. The number of rotatable bonds is 2. The summed E-state index contributed by atoms with van der Waals surface area (Å²) in [4.78, 5) is 14.7. The molecule has 0 unspecified atom stereocenters. The van der Waals surface area contributed by atoms with E-state index in [1.165, 1.54) is 18.2 Å². The van der Waals surface area contributed by atoms with E-state index in [2.05, 4.69) is 9.72 Å². The number of hydrogen-bond acceptors (Lipinski definition) is 2. The Morgan fingerprint density at radius 2 is 2.06 bits per heavy atom. The van der Waals surface area contributed by atoms with Crippen molar-refractivity contribution in [2.75, 3.05) is 6.61 Å². The van der Waals surface area contributed by atoms with Gasteiger partial charge in [-0.2, -0.15) is 13.2 Å². The maximum Gasteiger partial charge on any atom is 0.422 e.